The molecule has 0 amide bonds. The minimum atomic E-state index is -0.614. The predicted molar refractivity (Wildman–Crippen MR) is 63.1 cm³/mol. The fourth-order valence-electron chi connectivity index (χ4n) is 1.56. The van der Waals surface area contributed by atoms with E-state index < -0.39 is 11.5 Å². The lowest BCUT2D eigenvalue weighted by atomic mass is 10.2. The van der Waals surface area contributed by atoms with E-state index in [-0.39, 0.29) is 12.2 Å². The highest BCUT2D eigenvalue weighted by Crippen LogP contribution is 2.10. The fraction of sp³-hybridized carbons (Fsp3) is 0.250. The number of rotatable bonds is 2. The second-order valence-corrected chi connectivity index (χ2v) is 3.68. The number of carbonyl (C=O) groups excluding carboxylic acids is 1. The van der Waals surface area contributed by atoms with E-state index in [0.29, 0.717) is 11.0 Å². The van der Waals surface area contributed by atoms with Crippen LogP contribution in [0.2, 0.25) is 0 Å². The van der Waals surface area contributed by atoms with Gasteiger partial charge in [-0.15, -0.1) is 0 Å². The van der Waals surface area contributed by atoms with Crippen LogP contribution in [-0.2, 0) is 4.74 Å². The number of nitrogens with zero attached hydrogens (tertiary/aromatic N) is 1. The number of hydrogen-bond donors (Lipinski definition) is 1. The highest BCUT2D eigenvalue weighted by Gasteiger charge is 2.12. The Morgan fingerprint density at radius 1 is 1.47 bits per heavy atom. The van der Waals surface area contributed by atoms with Crippen molar-refractivity contribution in [3.63, 3.8) is 0 Å². The third-order valence-electron chi connectivity index (χ3n) is 2.33. The van der Waals surface area contributed by atoms with Crippen LogP contribution in [0.25, 0.3) is 11.0 Å². The van der Waals surface area contributed by atoms with E-state index in [9.17, 15) is 9.59 Å². The number of ether oxygens (including phenoxy) is 1. The number of nitrogens with one attached hydrogen (secondary N) is 1. The minimum Gasteiger partial charge on any atom is -0.462 e. The molecule has 2 aromatic heterocycles. The maximum absolute atomic E-state index is 11.6. The number of hydrogen-bond acceptors (Lipinski definition) is 4. The molecule has 17 heavy (non-hydrogen) atoms. The topological polar surface area (TPSA) is 72.0 Å². The molecule has 2 aromatic rings. The Morgan fingerprint density at radius 3 is 2.94 bits per heavy atom. The van der Waals surface area contributed by atoms with E-state index in [1.165, 1.54) is 6.07 Å². The van der Waals surface area contributed by atoms with Gasteiger partial charge in [0.1, 0.15) is 11.2 Å². The molecule has 0 fully saturated rings. The monoisotopic (exact) mass is 232 g/mol. The summed E-state index contributed by atoms with van der Waals surface area (Å²) in [6, 6.07) is 3.35. The van der Waals surface area contributed by atoms with Gasteiger partial charge in [0.2, 0.25) is 0 Å². The molecule has 88 valence electrons. The number of aryl methyl sites for hydroxylation is 1. The number of aromatic nitrogens is 2. The molecule has 0 saturated carbocycles. The first-order valence-electron chi connectivity index (χ1n) is 5.28. The van der Waals surface area contributed by atoms with Crippen molar-refractivity contribution in [2.24, 2.45) is 0 Å². The van der Waals surface area contributed by atoms with Crippen molar-refractivity contribution in [1.82, 2.24) is 9.97 Å². The van der Waals surface area contributed by atoms with Crippen molar-refractivity contribution in [3.05, 3.63) is 39.8 Å². The summed E-state index contributed by atoms with van der Waals surface area (Å²) in [5.41, 5.74) is 0.951. The van der Waals surface area contributed by atoms with E-state index in [0.717, 1.165) is 5.56 Å². The number of H-pyrrole nitrogens is 1. The van der Waals surface area contributed by atoms with Gasteiger partial charge in [-0.3, -0.25) is 4.79 Å². The zero-order valence-electron chi connectivity index (χ0n) is 9.61. The predicted octanol–water partition coefficient (Wildman–Crippen LogP) is 1.41. The number of esters is 1. The zero-order valence-corrected chi connectivity index (χ0v) is 9.61. The van der Waals surface area contributed by atoms with Crippen LogP contribution < -0.4 is 5.56 Å². The average Bonchev–Trinajstić information content (AvgIpc) is 2.29. The van der Waals surface area contributed by atoms with Crippen LogP contribution in [0.1, 0.15) is 22.8 Å². The molecule has 0 bridgehead atoms. The normalized spacial score (nSPS) is 10.5. The van der Waals surface area contributed by atoms with Crippen molar-refractivity contribution < 1.29 is 9.53 Å². The van der Waals surface area contributed by atoms with Gasteiger partial charge in [0, 0.05) is 11.6 Å². The van der Waals surface area contributed by atoms with Crippen molar-refractivity contribution >= 4 is 17.0 Å². The van der Waals surface area contributed by atoms with Crippen LogP contribution in [0.5, 0.6) is 0 Å². The minimum absolute atomic E-state index is 0.00625. The van der Waals surface area contributed by atoms with Gasteiger partial charge in [-0.1, -0.05) is 0 Å². The molecule has 2 rings (SSSR count). The van der Waals surface area contributed by atoms with E-state index in [4.69, 9.17) is 4.74 Å². The van der Waals surface area contributed by atoms with Gasteiger partial charge < -0.3 is 9.72 Å². The number of fused-ring (bicyclic) bond motifs is 1. The van der Waals surface area contributed by atoms with Gasteiger partial charge in [-0.05, 0) is 31.5 Å². The van der Waals surface area contributed by atoms with Gasteiger partial charge in [-0.2, -0.15) is 0 Å². The molecule has 2 heterocycles. The van der Waals surface area contributed by atoms with Crippen LogP contribution in [0.3, 0.4) is 0 Å². The quantitative estimate of drug-likeness (QED) is 0.794. The average molecular weight is 232 g/mol. The molecule has 0 aliphatic rings. The summed E-state index contributed by atoms with van der Waals surface area (Å²) in [6.07, 6.45) is 1.66. The molecule has 5 heteroatoms. The first-order chi connectivity index (χ1) is 8.11. The Morgan fingerprint density at radius 2 is 2.24 bits per heavy atom. The van der Waals surface area contributed by atoms with Crippen LogP contribution in [-0.4, -0.2) is 22.5 Å². The molecule has 1 N–H and O–H groups in total. The van der Waals surface area contributed by atoms with Crippen LogP contribution in [0, 0.1) is 6.92 Å². The molecule has 0 aliphatic carbocycles. The van der Waals surface area contributed by atoms with Crippen molar-refractivity contribution in [2.45, 2.75) is 13.8 Å². The third kappa shape index (κ3) is 2.18. The summed E-state index contributed by atoms with van der Waals surface area (Å²) in [6.45, 7) is 3.82. The molecule has 0 atom stereocenters. The summed E-state index contributed by atoms with van der Waals surface area (Å²) < 4.78 is 4.81. The first-order valence-corrected chi connectivity index (χ1v) is 5.28. The molecule has 0 unspecified atom stereocenters. The lowest BCUT2D eigenvalue weighted by molar-refractivity contribution is 0.0524. The first kappa shape index (κ1) is 11.3. The molecule has 0 aliphatic heterocycles. The lowest BCUT2D eigenvalue weighted by Crippen LogP contribution is -2.19. The number of carbonyl (C=O) groups is 1. The van der Waals surface area contributed by atoms with Gasteiger partial charge >= 0.3 is 5.97 Å². The Balaban J connectivity index is 2.61. The van der Waals surface area contributed by atoms with Crippen LogP contribution in [0.15, 0.2) is 23.1 Å². The van der Waals surface area contributed by atoms with E-state index in [1.807, 2.05) is 13.0 Å². The van der Waals surface area contributed by atoms with Gasteiger partial charge in [-0.25, -0.2) is 9.78 Å². The highest BCUT2D eigenvalue weighted by atomic mass is 16.5. The van der Waals surface area contributed by atoms with E-state index in [2.05, 4.69) is 9.97 Å². The second-order valence-electron chi connectivity index (χ2n) is 3.68. The summed E-state index contributed by atoms with van der Waals surface area (Å²) in [5.74, 6) is -0.614. The maximum Gasteiger partial charge on any atom is 0.343 e. The summed E-state index contributed by atoms with van der Waals surface area (Å²) in [4.78, 5) is 29.8. The van der Waals surface area contributed by atoms with Crippen molar-refractivity contribution in [2.75, 3.05) is 6.61 Å². The van der Waals surface area contributed by atoms with E-state index >= 15 is 0 Å². The molecular formula is C12H12N2O3. The molecule has 0 aromatic carbocycles. The molecule has 0 spiro atoms. The van der Waals surface area contributed by atoms with Crippen LogP contribution in [0.4, 0.5) is 0 Å². The van der Waals surface area contributed by atoms with Gasteiger partial charge in [0.05, 0.1) is 6.61 Å². The van der Waals surface area contributed by atoms with Crippen molar-refractivity contribution in [1.29, 1.82) is 0 Å². The Bertz CT molecular complexity index is 631. The summed E-state index contributed by atoms with van der Waals surface area (Å²) in [7, 11) is 0. The zero-order chi connectivity index (χ0) is 12.4. The molecule has 0 radical (unpaired) electrons. The Labute approximate surface area is 97.4 Å². The summed E-state index contributed by atoms with van der Waals surface area (Å²) in [5, 5.41) is 0.715. The molecule has 5 nitrogen and oxygen atoms in total. The van der Waals surface area contributed by atoms with E-state index in [1.54, 1.807) is 13.1 Å². The second kappa shape index (κ2) is 4.37. The van der Waals surface area contributed by atoms with Crippen molar-refractivity contribution in [3.8, 4) is 0 Å². The standard InChI is InChI=1S/C12H12N2O3/c1-3-17-12(16)9-5-8-4-7(2)6-13-10(8)14-11(9)15/h4-6H,3H2,1-2H3,(H,13,14,15). The smallest absolute Gasteiger partial charge is 0.343 e. The fourth-order valence-corrected chi connectivity index (χ4v) is 1.56. The summed E-state index contributed by atoms with van der Waals surface area (Å²) >= 11 is 0. The van der Waals surface area contributed by atoms with Gasteiger partial charge in [0.25, 0.3) is 5.56 Å². The number of aromatic amines is 1. The van der Waals surface area contributed by atoms with Crippen LogP contribution >= 0.6 is 0 Å². The lowest BCUT2D eigenvalue weighted by Gasteiger charge is -2.03. The largest absolute Gasteiger partial charge is 0.462 e. The highest BCUT2D eigenvalue weighted by molar-refractivity contribution is 5.92. The molecule has 0 saturated heterocycles. The SMILES string of the molecule is CCOC(=O)c1cc2cc(C)cnc2[nH]c1=O. The third-order valence-corrected chi connectivity index (χ3v) is 2.33. The Kier molecular flexibility index (Phi) is 2.91. The molecular weight excluding hydrogens is 220 g/mol. The van der Waals surface area contributed by atoms with Gasteiger partial charge in [0.15, 0.2) is 0 Å². The Hall–Kier alpha value is -2.17. The number of pyridine rings is 2. The maximum atomic E-state index is 11.6.